The fourth-order valence-corrected chi connectivity index (χ4v) is 1.42. The normalized spacial score (nSPS) is 12.8. The summed E-state index contributed by atoms with van der Waals surface area (Å²) in [6.45, 7) is 6.73. The Bertz CT molecular complexity index is 291. The summed E-state index contributed by atoms with van der Waals surface area (Å²) in [5.41, 5.74) is 0. The molecule has 1 rings (SSSR count). The zero-order valence-electron chi connectivity index (χ0n) is 8.45. The van der Waals surface area contributed by atoms with Crippen molar-refractivity contribution in [3.63, 3.8) is 0 Å². The van der Waals surface area contributed by atoms with Gasteiger partial charge in [-0.05, 0) is 13.8 Å². The molecule has 0 saturated heterocycles. The highest BCUT2D eigenvalue weighted by Gasteiger charge is 2.17. The summed E-state index contributed by atoms with van der Waals surface area (Å²) in [7, 11) is 0. The first-order valence-electron chi connectivity index (χ1n) is 4.74. The Morgan fingerprint density at radius 1 is 1.62 bits per heavy atom. The molecule has 0 amide bonds. The number of rotatable bonds is 4. The van der Waals surface area contributed by atoms with Crippen molar-refractivity contribution < 1.29 is 4.79 Å². The fourth-order valence-electron chi connectivity index (χ4n) is 1.42. The fraction of sp³-hybridized carbons (Fsp3) is 0.600. The molecular weight excluding hydrogens is 164 g/mol. The van der Waals surface area contributed by atoms with Gasteiger partial charge in [0.15, 0.2) is 0 Å². The Kier molecular flexibility index (Phi) is 3.23. The number of imidazole rings is 1. The molecule has 0 radical (unpaired) electrons. The van der Waals surface area contributed by atoms with Crippen LogP contribution in [0.4, 0.5) is 0 Å². The quantitative estimate of drug-likeness (QED) is 0.710. The van der Waals surface area contributed by atoms with Crippen LogP contribution in [0.3, 0.4) is 0 Å². The summed E-state index contributed by atoms with van der Waals surface area (Å²) in [5.74, 6) is 1.06. The minimum absolute atomic E-state index is 0.0695. The molecule has 13 heavy (non-hydrogen) atoms. The average Bonchev–Trinajstić information content (AvgIpc) is 2.62. The zero-order valence-corrected chi connectivity index (χ0v) is 8.45. The van der Waals surface area contributed by atoms with Gasteiger partial charge >= 0.3 is 0 Å². The second kappa shape index (κ2) is 4.21. The number of hydrogen-bond donors (Lipinski definition) is 0. The maximum absolute atomic E-state index is 11.4. The Morgan fingerprint density at radius 2 is 2.31 bits per heavy atom. The van der Waals surface area contributed by atoms with Gasteiger partial charge in [0.25, 0.3) is 0 Å². The molecule has 72 valence electrons. The standard InChI is InChI=1S/C10H16N2O/c1-4-9(13)8(3)10-11-6-7-12(10)5-2/h6-8H,4-5H2,1-3H3. The number of ketones is 1. The number of aromatic nitrogens is 2. The minimum atomic E-state index is -0.0695. The van der Waals surface area contributed by atoms with Crippen molar-refractivity contribution in [1.82, 2.24) is 9.55 Å². The molecule has 0 aliphatic rings. The third-order valence-corrected chi connectivity index (χ3v) is 2.31. The highest BCUT2D eigenvalue weighted by molar-refractivity contribution is 5.84. The van der Waals surface area contributed by atoms with Gasteiger partial charge in [-0.2, -0.15) is 0 Å². The average molecular weight is 180 g/mol. The van der Waals surface area contributed by atoms with Crippen LogP contribution in [0, 0.1) is 0 Å². The second-order valence-electron chi connectivity index (χ2n) is 3.11. The number of Topliss-reactive ketones (excluding diaryl/α,β-unsaturated/α-hetero) is 1. The van der Waals surface area contributed by atoms with Crippen LogP contribution in [0.25, 0.3) is 0 Å². The molecule has 3 heteroatoms. The van der Waals surface area contributed by atoms with E-state index >= 15 is 0 Å². The molecule has 1 atom stereocenters. The summed E-state index contributed by atoms with van der Waals surface area (Å²) in [6, 6.07) is 0. The lowest BCUT2D eigenvalue weighted by Crippen LogP contribution is -2.13. The van der Waals surface area contributed by atoms with Crippen LogP contribution < -0.4 is 0 Å². The van der Waals surface area contributed by atoms with Crippen LogP contribution in [0.2, 0.25) is 0 Å². The van der Waals surface area contributed by atoms with Gasteiger partial charge in [-0.15, -0.1) is 0 Å². The maximum atomic E-state index is 11.4. The molecule has 0 aromatic carbocycles. The molecule has 0 aliphatic carbocycles. The third-order valence-electron chi connectivity index (χ3n) is 2.31. The summed E-state index contributed by atoms with van der Waals surface area (Å²) in [5, 5.41) is 0. The highest BCUT2D eigenvalue weighted by Crippen LogP contribution is 2.15. The van der Waals surface area contributed by atoms with E-state index in [0.29, 0.717) is 6.42 Å². The van der Waals surface area contributed by atoms with Crippen molar-refractivity contribution in [2.45, 2.75) is 39.7 Å². The van der Waals surface area contributed by atoms with Crippen LogP contribution in [-0.4, -0.2) is 15.3 Å². The van der Waals surface area contributed by atoms with Crippen LogP contribution in [0.1, 0.15) is 38.9 Å². The molecule has 0 aliphatic heterocycles. The topological polar surface area (TPSA) is 34.9 Å². The first-order chi connectivity index (χ1) is 6.20. The van der Waals surface area contributed by atoms with E-state index in [1.807, 2.05) is 31.5 Å². The van der Waals surface area contributed by atoms with Crippen molar-refractivity contribution in [3.05, 3.63) is 18.2 Å². The Morgan fingerprint density at radius 3 is 2.85 bits per heavy atom. The van der Waals surface area contributed by atoms with Gasteiger partial charge in [-0.25, -0.2) is 4.98 Å². The van der Waals surface area contributed by atoms with E-state index in [1.54, 1.807) is 6.20 Å². The Labute approximate surface area is 78.8 Å². The molecule has 0 spiro atoms. The van der Waals surface area contributed by atoms with Crippen molar-refractivity contribution in [1.29, 1.82) is 0 Å². The van der Waals surface area contributed by atoms with Crippen molar-refractivity contribution in [2.75, 3.05) is 0 Å². The predicted molar refractivity (Wildman–Crippen MR) is 51.6 cm³/mol. The third kappa shape index (κ3) is 1.97. The van der Waals surface area contributed by atoms with Crippen molar-refractivity contribution >= 4 is 5.78 Å². The van der Waals surface area contributed by atoms with Gasteiger partial charge in [0, 0.05) is 25.4 Å². The molecule has 0 fully saturated rings. The van der Waals surface area contributed by atoms with E-state index in [4.69, 9.17) is 0 Å². The lowest BCUT2D eigenvalue weighted by Gasteiger charge is -2.10. The molecular formula is C10H16N2O. The van der Waals surface area contributed by atoms with Crippen molar-refractivity contribution in [3.8, 4) is 0 Å². The number of hydrogen-bond acceptors (Lipinski definition) is 2. The van der Waals surface area contributed by atoms with Gasteiger partial charge in [0.2, 0.25) is 0 Å². The van der Waals surface area contributed by atoms with E-state index in [-0.39, 0.29) is 11.7 Å². The van der Waals surface area contributed by atoms with Crippen LogP contribution in [0.5, 0.6) is 0 Å². The molecule has 1 heterocycles. The molecule has 0 bridgehead atoms. The second-order valence-corrected chi connectivity index (χ2v) is 3.11. The van der Waals surface area contributed by atoms with Gasteiger partial charge in [-0.3, -0.25) is 4.79 Å². The Balaban J connectivity index is 2.87. The van der Waals surface area contributed by atoms with E-state index in [1.165, 1.54) is 0 Å². The molecule has 0 saturated carbocycles. The first-order valence-corrected chi connectivity index (χ1v) is 4.74. The lowest BCUT2D eigenvalue weighted by atomic mass is 10.0. The molecule has 1 aromatic heterocycles. The number of carbonyl (C=O) groups excluding carboxylic acids is 1. The number of nitrogens with zero attached hydrogens (tertiary/aromatic N) is 2. The largest absolute Gasteiger partial charge is 0.335 e. The molecule has 3 nitrogen and oxygen atoms in total. The van der Waals surface area contributed by atoms with Gasteiger partial charge in [0.05, 0.1) is 5.92 Å². The van der Waals surface area contributed by atoms with Crippen LogP contribution >= 0.6 is 0 Å². The monoisotopic (exact) mass is 180 g/mol. The number of aryl methyl sites for hydroxylation is 1. The summed E-state index contributed by atoms with van der Waals surface area (Å²) < 4.78 is 2.01. The predicted octanol–water partition coefficient (Wildman–Crippen LogP) is 1.99. The number of carbonyl (C=O) groups is 1. The SMILES string of the molecule is CCC(=O)C(C)c1nccn1CC. The van der Waals surface area contributed by atoms with Gasteiger partial charge in [-0.1, -0.05) is 6.92 Å². The highest BCUT2D eigenvalue weighted by atomic mass is 16.1. The molecule has 1 aromatic rings. The van der Waals surface area contributed by atoms with Crippen LogP contribution in [0.15, 0.2) is 12.4 Å². The van der Waals surface area contributed by atoms with E-state index < -0.39 is 0 Å². The Hall–Kier alpha value is -1.12. The van der Waals surface area contributed by atoms with E-state index in [2.05, 4.69) is 4.98 Å². The van der Waals surface area contributed by atoms with Gasteiger partial charge in [0.1, 0.15) is 11.6 Å². The minimum Gasteiger partial charge on any atom is -0.335 e. The summed E-state index contributed by atoms with van der Waals surface area (Å²) in [6.07, 6.45) is 4.24. The molecule has 1 unspecified atom stereocenters. The van der Waals surface area contributed by atoms with Crippen LogP contribution in [-0.2, 0) is 11.3 Å². The van der Waals surface area contributed by atoms with E-state index in [9.17, 15) is 4.79 Å². The lowest BCUT2D eigenvalue weighted by molar-refractivity contribution is -0.120. The zero-order chi connectivity index (χ0) is 9.84. The summed E-state index contributed by atoms with van der Waals surface area (Å²) in [4.78, 5) is 15.6. The smallest absolute Gasteiger partial charge is 0.142 e. The van der Waals surface area contributed by atoms with E-state index in [0.717, 1.165) is 12.4 Å². The molecule has 0 N–H and O–H groups in total. The van der Waals surface area contributed by atoms with Gasteiger partial charge < -0.3 is 4.57 Å². The first kappa shape index (κ1) is 9.96. The summed E-state index contributed by atoms with van der Waals surface area (Å²) >= 11 is 0. The maximum Gasteiger partial charge on any atom is 0.142 e. The van der Waals surface area contributed by atoms with Crippen molar-refractivity contribution in [2.24, 2.45) is 0 Å².